The molecule has 1 amide bonds. The SMILES string of the molecule is C=CCn1c(C)c(/C=C(/C#N)C(=O)Nc2ccc(OC)cc2)c2ccccc21. The van der Waals surface area contributed by atoms with Gasteiger partial charge in [-0.3, -0.25) is 4.79 Å². The van der Waals surface area contributed by atoms with E-state index in [1.165, 1.54) is 0 Å². The Bertz CT molecular complexity index is 1100. The van der Waals surface area contributed by atoms with E-state index in [0.29, 0.717) is 18.0 Å². The molecule has 0 fully saturated rings. The third-order valence-electron chi connectivity index (χ3n) is 4.59. The molecule has 1 heterocycles. The van der Waals surface area contributed by atoms with Gasteiger partial charge in [0.15, 0.2) is 0 Å². The molecule has 3 aromatic rings. The van der Waals surface area contributed by atoms with Crippen molar-refractivity contribution in [2.45, 2.75) is 13.5 Å². The van der Waals surface area contributed by atoms with Crippen molar-refractivity contribution in [3.8, 4) is 11.8 Å². The van der Waals surface area contributed by atoms with Crippen molar-refractivity contribution in [3.05, 3.63) is 78.0 Å². The number of nitriles is 1. The molecular weight excluding hydrogens is 350 g/mol. The average Bonchev–Trinajstić information content (AvgIpc) is 2.98. The number of para-hydroxylation sites is 1. The van der Waals surface area contributed by atoms with E-state index in [0.717, 1.165) is 22.2 Å². The highest BCUT2D eigenvalue weighted by Crippen LogP contribution is 2.28. The normalized spacial score (nSPS) is 11.1. The van der Waals surface area contributed by atoms with Crippen molar-refractivity contribution in [2.75, 3.05) is 12.4 Å². The van der Waals surface area contributed by atoms with Crippen LogP contribution in [0.4, 0.5) is 5.69 Å². The predicted molar refractivity (Wildman–Crippen MR) is 112 cm³/mol. The molecule has 0 unspecified atom stereocenters. The maximum Gasteiger partial charge on any atom is 0.266 e. The molecule has 0 aliphatic heterocycles. The number of allylic oxidation sites excluding steroid dienone is 1. The van der Waals surface area contributed by atoms with Gasteiger partial charge < -0.3 is 14.6 Å². The van der Waals surface area contributed by atoms with Crippen LogP contribution in [-0.4, -0.2) is 17.6 Å². The number of carbonyl (C=O) groups excluding carboxylic acids is 1. The van der Waals surface area contributed by atoms with E-state index in [2.05, 4.69) is 16.5 Å². The number of methoxy groups -OCH3 is 1. The van der Waals surface area contributed by atoms with Gasteiger partial charge in [0.05, 0.1) is 7.11 Å². The number of anilines is 1. The van der Waals surface area contributed by atoms with Crippen LogP contribution < -0.4 is 10.1 Å². The van der Waals surface area contributed by atoms with E-state index in [9.17, 15) is 10.1 Å². The molecule has 0 aliphatic rings. The third kappa shape index (κ3) is 3.67. The average molecular weight is 371 g/mol. The number of benzene rings is 2. The predicted octanol–water partition coefficient (Wildman–Crippen LogP) is 4.69. The molecule has 0 saturated heterocycles. The summed E-state index contributed by atoms with van der Waals surface area (Å²) in [6.07, 6.45) is 3.48. The summed E-state index contributed by atoms with van der Waals surface area (Å²) in [6, 6.07) is 16.9. The molecule has 0 saturated carbocycles. The molecule has 1 N–H and O–H groups in total. The van der Waals surface area contributed by atoms with Gasteiger partial charge >= 0.3 is 0 Å². The number of amides is 1. The van der Waals surface area contributed by atoms with Gasteiger partial charge in [-0.1, -0.05) is 24.3 Å². The molecule has 0 atom stereocenters. The summed E-state index contributed by atoms with van der Waals surface area (Å²) in [4.78, 5) is 12.6. The highest BCUT2D eigenvalue weighted by atomic mass is 16.5. The van der Waals surface area contributed by atoms with Crippen molar-refractivity contribution < 1.29 is 9.53 Å². The van der Waals surface area contributed by atoms with Gasteiger partial charge in [-0.15, -0.1) is 6.58 Å². The van der Waals surface area contributed by atoms with Gasteiger partial charge in [-0.2, -0.15) is 5.26 Å². The smallest absolute Gasteiger partial charge is 0.266 e. The van der Waals surface area contributed by atoms with Crippen LogP contribution in [0.3, 0.4) is 0 Å². The number of rotatable bonds is 6. The van der Waals surface area contributed by atoms with Crippen LogP contribution in [0.2, 0.25) is 0 Å². The number of carbonyl (C=O) groups is 1. The zero-order valence-corrected chi connectivity index (χ0v) is 15.9. The van der Waals surface area contributed by atoms with E-state index >= 15 is 0 Å². The zero-order valence-electron chi connectivity index (χ0n) is 15.9. The maximum absolute atomic E-state index is 12.6. The Balaban J connectivity index is 1.98. The fraction of sp³-hybridized carbons (Fsp3) is 0.130. The van der Waals surface area contributed by atoms with Crippen LogP contribution in [0, 0.1) is 18.3 Å². The topological polar surface area (TPSA) is 67.0 Å². The number of hydrogen-bond donors (Lipinski definition) is 1. The fourth-order valence-corrected chi connectivity index (χ4v) is 3.17. The first-order valence-electron chi connectivity index (χ1n) is 8.85. The Kier molecular flexibility index (Phi) is 5.61. The van der Waals surface area contributed by atoms with Crippen molar-refractivity contribution in [1.29, 1.82) is 5.26 Å². The summed E-state index contributed by atoms with van der Waals surface area (Å²) >= 11 is 0. The summed E-state index contributed by atoms with van der Waals surface area (Å²) in [5.74, 6) is 0.243. The molecule has 5 nitrogen and oxygen atoms in total. The van der Waals surface area contributed by atoms with Crippen molar-refractivity contribution in [2.24, 2.45) is 0 Å². The molecule has 3 rings (SSSR count). The molecule has 5 heteroatoms. The Morgan fingerprint density at radius 2 is 1.96 bits per heavy atom. The van der Waals surface area contributed by atoms with Crippen LogP contribution in [-0.2, 0) is 11.3 Å². The minimum absolute atomic E-state index is 0.0421. The van der Waals surface area contributed by atoms with Gasteiger partial charge in [0, 0.05) is 34.4 Å². The van der Waals surface area contributed by atoms with E-state index in [1.54, 1.807) is 37.5 Å². The van der Waals surface area contributed by atoms with Gasteiger partial charge in [0.25, 0.3) is 5.91 Å². The lowest BCUT2D eigenvalue weighted by Crippen LogP contribution is -2.13. The molecule has 28 heavy (non-hydrogen) atoms. The number of nitrogens with zero attached hydrogens (tertiary/aromatic N) is 2. The third-order valence-corrected chi connectivity index (χ3v) is 4.59. The van der Waals surface area contributed by atoms with Gasteiger partial charge in [0.2, 0.25) is 0 Å². The number of ether oxygens (including phenoxy) is 1. The monoisotopic (exact) mass is 371 g/mol. The lowest BCUT2D eigenvalue weighted by molar-refractivity contribution is -0.112. The molecular formula is C23H21N3O2. The van der Waals surface area contributed by atoms with Crippen LogP contribution in [0.15, 0.2) is 66.8 Å². The molecule has 140 valence electrons. The molecule has 0 radical (unpaired) electrons. The lowest BCUT2D eigenvalue weighted by Gasteiger charge is -2.06. The second-order valence-corrected chi connectivity index (χ2v) is 6.27. The minimum atomic E-state index is -0.451. The lowest BCUT2D eigenvalue weighted by atomic mass is 10.1. The zero-order chi connectivity index (χ0) is 20.1. The number of fused-ring (bicyclic) bond motifs is 1. The van der Waals surface area contributed by atoms with Crippen LogP contribution in [0.1, 0.15) is 11.3 Å². The fourth-order valence-electron chi connectivity index (χ4n) is 3.17. The van der Waals surface area contributed by atoms with Gasteiger partial charge in [0.1, 0.15) is 17.4 Å². The van der Waals surface area contributed by atoms with Gasteiger partial charge in [-0.25, -0.2) is 0 Å². The van der Waals surface area contributed by atoms with Crippen LogP contribution in [0.5, 0.6) is 5.75 Å². The highest BCUT2D eigenvalue weighted by molar-refractivity contribution is 6.11. The second-order valence-electron chi connectivity index (χ2n) is 6.27. The Morgan fingerprint density at radius 1 is 1.25 bits per heavy atom. The first-order valence-corrected chi connectivity index (χ1v) is 8.85. The van der Waals surface area contributed by atoms with Crippen LogP contribution in [0.25, 0.3) is 17.0 Å². The summed E-state index contributed by atoms with van der Waals surface area (Å²) in [5, 5.41) is 13.3. The number of aromatic nitrogens is 1. The minimum Gasteiger partial charge on any atom is -0.497 e. The van der Waals surface area contributed by atoms with Gasteiger partial charge in [-0.05, 0) is 43.3 Å². The first-order chi connectivity index (χ1) is 13.6. The van der Waals surface area contributed by atoms with Crippen molar-refractivity contribution in [1.82, 2.24) is 4.57 Å². The molecule has 1 aromatic heterocycles. The van der Waals surface area contributed by atoms with E-state index in [1.807, 2.05) is 43.3 Å². The van der Waals surface area contributed by atoms with Crippen molar-refractivity contribution in [3.63, 3.8) is 0 Å². The molecule has 0 spiro atoms. The summed E-state index contributed by atoms with van der Waals surface area (Å²) in [7, 11) is 1.58. The quantitative estimate of drug-likeness (QED) is 0.388. The Morgan fingerprint density at radius 3 is 2.61 bits per heavy atom. The molecule has 0 bridgehead atoms. The Hall–Kier alpha value is -3.78. The first kappa shape index (κ1) is 19.0. The Labute approximate surface area is 164 Å². The largest absolute Gasteiger partial charge is 0.497 e. The second kappa shape index (κ2) is 8.28. The molecule has 2 aromatic carbocycles. The summed E-state index contributed by atoms with van der Waals surface area (Å²) in [5.41, 5.74) is 3.52. The number of nitrogens with one attached hydrogen (secondary N) is 1. The summed E-state index contributed by atoms with van der Waals surface area (Å²) < 4.78 is 7.23. The van der Waals surface area contributed by atoms with Crippen molar-refractivity contribution >= 4 is 28.6 Å². The highest BCUT2D eigenvalue weighted by Gasteiger charge is 2.15. The summed E-state index contributed by atoms with van der Waals surface area (Å²) in [6.45, 7) is 6.45. The number of hydrogen-bond acceptors (Lipinski definition) is 3. The van der Waals surface area contributed by atoms with Crippen LogP contribution >= 0.6 is 0 Å². The molecule has 0 aliphatic carbocycles. The van der Waals surface area contributed by atoms with E-state index in [-0.39, 0.29) is 5.57 Å². The maximum atomic E-state index is 12.6. The van der Waals surface area contributed by atoms with E-state index < -0.39 is 5.91 Å². The van der Waals surface area contributed by atoms with E-state index in [4.69, 9.17) is 4.74 Å². The standard InChI is InChI=1S/C23H21N3O2/c1-4-13-26-16(2)21(20-7-5-6-8-22(20)26)14-17(15-24)23(27)25-18-9-11-19(28-3)12-10-18/h4-12,14H,1,13H2,2-3H3,(H,25,27)/b17-14-.